The fourth-order valence-electron chi connectivity index (χ4n) is 1.85. The molecule has 4 nitrogen and oxygen atoms in total. The standard InChI is InChI=1S/C16H17NO3/c1-10-5-4-6-15(11(10)2)20-12-7-8-14(17)13(9-12)16(18)19-3/h4-9H,17H2,1-3H3. The maximum Gasteiger partial charge on any atom is 0.340 e. The summed E-state index contributed by atoms with van der Waals surface area (Å²) in [5.74, 6) is 0.827. The highest BCUT2D eigenvalue weighted by Gasteiger charge is 2.12. The Hall–Kier alpha value is -2.49. The van der Waals surface area contributed by atoms with Gasteiger partial charge < -0.3 is 15.2 Å². The summed E-state index contributed by atoms with van der Waals surface area (Å²) in [5, 5.41) is 0. The molecule has 0 radical (unpaired) electrons. The van der Waals surface area contributed by atoms with Gasteiger partial charge in [-0.05, 0) is 49.2 Å². The van der Waals surface area contributed by atoms with Crippen LogP contribution in [-0.2, 0) is 4.74 Å². The van der Waals surface area contributed by atoms with Crippen LogP contribution in [-0.4, -0.2) is 13.1 Å². The Morgan fingerprint density at radius 3 is 2.60 bits per heavy atom. The van der Waals surface area contributed by atoms with Gasteiger partial charge in [0.05, 0.1) is 12.7 Å². The highest BCUT2D eigenvalue weighted by molar-refractivity contribution is 5.95. The second-order valence-corrected chi connectivity index (χ2v) is 4.54. The molecule has 2 N–H and O–H groups in total. The number of esters is 1. The zero-order chi connectivity index (χ0) is 14.7. The highest BCUT2D eigenvalue weighted by atomic mass is 16.5. The van der Waals surface area contributed by atoms with Gasteiger partial charge in [0.25, 0.3) is 0 Å². The van der Waals surface area contributed by atoms with Gasteiger partial charge >= 0.3 is 5.97 Å². The third-order valence-electron chi connectivity index (χ3n) is 3.21. The van der Waals surface area contributed by atoms with Gasteiger partial charge in [0.15, 0.2) is 0 Å². The Kier molecular flexibility index (Phi) is 3.94. The number of nitrogen functional groups attached to an aromatic ring is 1. The molecule has 0 spiro atoms. The molecule has 0 aromatic heterocycles. The molecule has 104 valence electrons. The summed E-state index contributed by atoms with van der Waals surface area (Å²) in [4.78, 5) is 11.6. The second-order valence-electron chi connectivity index (χ2n) is 4.54. The molecule has 0 aliphatic rings. The van der Waals surface area contributed by atoms with Crippen molar-refractivity contribution in [2.75, 3.05) is 12.8 Å². The number of rotatable bonds is 3. The Morgan fingerprint density at radius 1 is 1.15 bits per heavy atom. The predicted octanol–water partition coefficient (Wildman–Crippen LogP) is 3.46. The number of anilines is 1. The maximum atomic E-state index is 11.6. The lowest BCUT2D eigenvalue weighted by Crippen LogP contribution is -2.05. The van der Waals surface area contributed by atoms with Crippen LogP contribution in [0.4, 0.5) is 5.69 Å². The number of methoxy groups -OCH3 is 1. The topological polar surface area (TPSA) is 61.5 Å². The summed E-state index contributed by atoms with van der Waals surface area (Å²) in [6.45, 7) is 4.01. The van der Waals surface area contributed by atoms with Gasteiger partial charge in [-0.15, -0.1) is 0 Å². The van der Waals surface area contributed by atoms with Crippen LogP contribution in [0.3, 0.4) is 0 Å². The van der Waals surface area contributed by atoms with Crippen molar-refractivity contribution in [2.24, 2.45) is 0 Å². The van der Waals surface area contributed by atoms with E-state index < -0.39 is 5.97 Å². The fraction of sp³-hybridized carbons (Fsp3) is 0.188. The number of ether oxygens (including phenoxy) is 2. The third kappa shape index (κ3) is 2.74. The Morgan fingerprint density at radius 2 is 1.90 bits per heavy atom. The monoisotopic (exact) mass is 271 g/mol. The van der Waals surface area contributed by atoms with E-state index in [0.29, 0.717) is 17.0 Å². The number of benzene rings is 2. The maximum absolute atomic E-state index is 11.6. The number of aryl methyl sites for hydroxylation is 1. The summed E-state index contributed by atoms with van der Waals surface area (Å²) in [5.41, 5.74) is 8.63. The number of nitrogens with two attached hydrogens (primary N) is 1. The van der Waals surface area contributed by atoms with Crippen molar-refractivity contribution >= 4 is 11.7 Å². The van der Waals surface area contributed by atoms with Crippen LogP contribution in [0.25, 0.3) is 0 Å². The molecule has 2 rings (SSSR count). The zero-order valence-corrected chi connectivity index (χ0v) is 11.8. The van der Waals surface area contributed by atoms with E-state index in [2.05, 4.69) is 0 Å². The quantitative estimate of drug-likeness (QED) is 0.686. The Bertz CT molecular complexity index is 650. The molecule has 0 atom stereocenters. The Balaban J connectivity index is 2.35. The molecule has 0 amide bonds. The number of hydrogen-bond acceptors (Lipinski definition) is 4. The lowest BCUT2D eigenvalue weighted by molar-refractivity contribution is 0.0601. The van der Waals surface area contributed by atoms with Crippen molar-refractivity contribution in [1.29, 1.82) is 0 Å². The lowest BCUT2D eigenvalue weighted by Gasteiger charge is -2.12. The molecule has 0 saturated heterocycles. The van der Waals surface area contributed by atoms with Crippen LogP contribution < -0.4 is 10.5 Å². The summed E-state index contributed by atoms with van der Waals surface area (Å²) in [6.07, 6.45) is 0. The molecule has 0 fully saturated rings. The second kappa shape index (κ2) is 5.65. The van der Waals surface area contributed by atoms with Crippen molar-refractivity contribution in [3.05, 3.63) is 53.1 Å². The van der Waals surface area contributed by atoms with Crippen molar-refractivity contribution in [2.45, 2.75) is 13.8 Å². The van der Waals surface area contributed by atoms with Gasteiger partial charge in [-0.3, -0.25) is 0 Å². The van der Waals surface area contributed by atoms with E-state index in [4.69, 9.17) is 15.2 Å². The van der Waals surface area contributed by atoms with Crippen LogP contribution in [0.15, 0.2) is 36.4 Å². The number of carbonyl (C=O) groups excluding carboxylic acids is 1. The SMILES string of the molecule is COC(=O)c1cc(Oc2cccc(C)c2C)ccc1N. The molecule has 0 aliphatic carbocycles. The first-order valence-corrected chi connectivity index (χ1v) is 6.25. The highest BCUT2D eigenvalue weighted by Crippen LogP contribution is 2.29. The van der Waals surface area contributed by atoms with Gasteiger partial charge in [0, 0.05) is 5.69 Å². The van der Waals surface area contributed by atoms with Crippen LogP contribution in [0, 0.1) is 13.8 Å². The minimum atomic E-state index is -0.478. The Labute approximate surface area is 118 Å². The molecule has 20 heavy (non-hydrogen) atoms. The molecule has 0 aliphatic heterocycles. The summed E-state index contributed by atoms with van der Waals surface area (Å²) < 4.78 is 10.5. The fourth-order valence-corrected chi connectivity index (χ4v) is 1.85. The van der Waals surface area contributed by atoms with Gasteiger partial charge in [0.1, 0.15) is 11.5 Å². The molecular weight excluding hydrogens is 254 g/mol. The van der Waals surface area contributed by atoms with E-state index in [9.17, 15) is 4.79 Å². The van der Waals surface area contributed by atoms with Crippen molar-refractivity contribution < 1.29 is 14.3 Å². The molecule has 0 heterocycles. The van der Waals surface area contributed by atoms with E-state index in [1.54, 1.807) is 18.2 Å². The summed E-state index contributed by atoms with van der Waals surface area (Å²) >= 11 is 0. The van der Waals surface area contributed by atoms with Crippen molar-refractivity contribution in [1.82, 2.24) is 0 Å². The minimum absolute atomic E-state index is 0.301. The number of carbonyl (C=O) groups is 1. The molecule has 0 unspecified atom stereocenters. The van der Waals surface area contributed by atoms with E-state index in [0.717, 1.165) is 16.9 Å². The molecular formula is C16H17NO3. The smallest absolute Gasteiger partial charge is 0.340 e. The largest absolute Gasteiger partial charge is 0.465 e. The lowest BCUT2D eigenvalue weighted by atomic mass is 10.1. The van der Waals surface area contributed by atoms with Gasteiger partial charge in [-0.1, -0.05) is 12.1 Å². The average Bonchev–Trinajstić information content (AvgIpc) is 2.45. The van der Waals surface area contributed by atoms with E-state index >= 15 is 0 Å². The third-order valence-corrected chi connectivity index (χ3v) is 3.21. The normalized spacial score (nSPS) is 10.2. The van der Waals surface area contributed by atoms with Gasteiger partial charge in [-0.2, -0.15) is 0 Å². The van der Waals surface area contributed by atoms with Crippen LogP contribution >= 0.6 is 0 Å². The van der Waals surface area contributed by atoms with E-state index in [1.807, 2.05) is 32.0 Å². The van der Waals surface area contributed by atoms with Gasteiger partial charge in [0.2, 0.25) is 0 Å². The van der Waals surface area contributed by atoms with Crippen LogP contribution in [0.1, 0.15) is 21.5 Å². The van der Waals surface area contributed by atoms with E-state index in [1.165, 1.54) is 7.11 Å². The van der Waals surface area contributed by atoms with Gasteiger partial charge in [-0.25, -0.2) is 4.79 Å². The first kappa shape index (κ1) is 13.9. The zero-order valence-electron chi connectivity index (χ0n) is 11.8. The summed E-state index contributed by atoms with van der Waals surface area (Å²) in [7, 11) is 1.32. The molecule has 0 saturated carbocycles. The first-order valence-electron chi connectivity index (χ1n) is 6.25. The molecule has 2 aromatic rings. The summed E-state index contributed by atoms with van der Waals surface area (Å²) in [6, 6.07) is 10.8. The first-order chi connectivity index (χ1) is 9.52. The minimum Gasteiger partial charge on any atom is -0.465 e. The predicted molar refractivity (Wildman–Crippen MR) is 78.2 cm³/mol. The van der Waals surface area contributed by atoms with Crippen LogP contribution in [0.5, 0.6) is 11.5 Å². The van der Waals surface area contributed by atoms with Crippen molar-refractivity contribution in [3.63, 3.8) is 0 Å². The van der Waals surface area contributed by atoms with Crippen molar-refractivity contribution in [3.8, 4) is 11.5 Å². The van der Waals surface area contributed by atoms with E-state index in [-0.39, 0.29) is 0 Å². The molecule has 0 bridgehead atoms. The average molecular weight is 271 g/mol. The van der Waals surface area contributed by atoms with Crippen LogP contribution in [0.2, 0.25) is 0 Å². The number of hydrogen-bond donors (Lipinski definition) is 1. The molecule has 4 heteroatoms. The molecule has 2 aromatic carbocycles.